The highest BCUT2D eigenvalue weighted by Gasteiger charge is 2.30. The van der Waals surface area contributed by atoms with Crippen molar-refractivity contribution in [2.24, 2.45) is 0 Å². The Balaban J connectivity index is 3.31. The normalized spacial score (nSPS) is 11.0. The van der Waals surface area contributed by atoms with Gasteiger partial charge in [0.1, 0.15) is 0 Å². The Kier molecular flexibility index (Phi) is 4.93. The molecule has 0 spiro atoms. The first-order chi connectivity index (χ1) is 10.1. The van der Waals surface area contributed by atoms with Crippen molar-refractivity contribution in [1.82, 2.24) is 0 Å². The van der Waals surface area contributed by atoms with Gasteiger partial charge >= 0.3 is 11.9 Å². The minimum atomic E-state index is -1.59. The van der Waals surface area contributed by atoms with Crippen molar-refractivity contribution in [3.8, 4) is 0 Å². The average molecular weight is 423 g/mol. The van der Waals surface area contributed by atoms with Gasteiger partial charge in [-0.2, -0.15) is 0 Å². The molecular weight excluding hydrogens is 421 g/mol. The first-order valence-electron chi connectivity index (χ1n) is 5.24. The maximum atomic E-state index is 11.5. The molecule has 0 radical (unpaired) electrons. The molecule has 0 saturated heterocycles. The van der Waals surface area contributed by atoms with Crippen molar-refractivity contribution in [2.45, 2.75) is 0 Å². The minimum absolute atomic E-state index is 0.0878. The summed E-state index contributed by atoms with van der Waals surface area (Å²) in [6.07, 6.45) is 0. The summed E-state index contributed by atoms with van der Waals surface area (Å²) < 4.78 is 0. The molecular formula is C12H2Cl6O4. The van der Waals surface area contributed by atoms with Crippen molar-refractivity contribution < 1.29 is 19.8 Å². The Hall–Kier alpha value is -0.620. The van der Waals surface area contributed by atoms with Gasteiger partial charge in [0.2, 0.25) is 0 Å². The smallest absolute Gasteiger partial charge is 0.338 e. The van der Waals surface area contributed by atoms with Gasteiger partial charge in [-0.15, -0.1) is 0 Å². The summed E-state index contributed by atoms with van der Waals surface area (Å²) in [5.41, 5.74) is -1.40. The Bertz CT molecular complexity index is 861. The van der Waals surface area contributed by atoms with Crippen LogP contribution in [0.4, 0.5) is 0 Å². The second-order valence-corrected chi connectivity index (χ2v) is 6.26. The molecule has 2 aromatic carbocycles. The lowest BCUT2D eigenvalue weighted by atomic mass is 9.98. The van der Waals surface area contributed by atoms with E-state index in [0.717, 1.165) is 0 Å². The second-order valence-electron chi connectivity index (χ2n) is 3.99. The van der Waals surface area contributed by atoms with E-state index in [1.807, 2.05) is 0 Å². The van der Waals surface area contributed by atoms with Gasteiger partial charge in [0.05, 0.1) is 41.3 Å². The molecule has 0 saturated carbocycles. The van der Waals surface area contributed by atoms with Gasteiger partial charge in [0.15, 0.2) is 0 Å². The Morgan fingerprint density at radius 1 is 0.545 bits per heavy atom. The van der Waals surface area contributed by atoms with Crippen molar-refractivity contribution in [2.75, 3.05) is 0 Å². The SMILES string of the molecule is O=C(O)c1c(Cl)c(Cl)c2c(Cl)c(Cl)c(Cl)c(Cl)c2c1C(=O)O. The minimum Gasteiger partial charge on any atom is -0.478 e. The number of hydrogen-bond donors (Lipinski definition) is 2. The summed E-state index contributed by atoms with van der Waals surface area (Å²) in [5.74, 6) is -3.18. The topological polar surface area (TPSA) is 74.6 Å². The van der Waals surface area contributed by atoms with Crippen LogP contribution >= 0.6 is 69.6 Å². The monoisotopic (exact) mass is 420 g/mol. The maximum absolute atomic E-state index is 11.5. The summed E-state index contributed by atoms with van der Waals surface area (Å²) in [6, 6.07) is 0. The van der Waals surface area contributed by atoms with Crippen LogP contribution in [-0.2, 0) is 0 Å². The second kappa shape index (κ2) is 6.11. The van der Waals surface area contributed by atoms with Gasteiger partial charge in [0, 0.05) is 10.8 Å². The van der Waals surface area contributed by atoms with E-state index in [2.05, 4.69) is 0 Å². The number of benzene rings is 2. The molecule has 0 aliphatic heterocycles. The van der Waals surface area contributed by atoms with Crippen molar-refractivity contribution in [3.63, 3.8) is 0 Å². The molecule has 0 aliphatic carbocycles. The number of carbonyl (C=O) groups is 2. The molecule has 0 amide bonds. The summed E-state index contributed by atoms with van der Waals surface area (Å²) >= 11 is 35.8. The lowest BCUT2D eigenvalue weighted by Gasteiger charge is -2.16. The van der Waals surface area contributed by atoms with Crippen LogP contribution < -0.4 is 0 Å². The van der Waals surface area contributed by atoms with Gasteiger partial charge in [-0.05, 0) is 0 Å². The fraction of sp³-hybridized carbons (Fsp3) is 0. The van der Waals surface area contributed by atoms with E-state index in [0.29, 0.717) is 0 Å². The van der Waals surface area contributed by atoms with Gasteiger partial charge in [-0.1, -0.05) is 69.6 Å². The number of fused-ring (bicyclic) bond motifs is 1. The molecule has 0 atom stereocenters. The molecule has 116 valence electrons. The maximum Gasteiger partial charge on any atom is 0.338 e. The first-order valence-corrected chi connectivity index (χ1v) is 7.51. The van der Waals surface area contributed by atoms with E-state index in [4.69, 9.17) is 69.6 Å². The highest BCUT2D eigenvalue weighted by Crippen LogP contribution is 2.49. The third kappa shape index (κ3) is 2.48. The number of carboxylic acids is 2. The summed E-state index contributed by atoms with van der Waals surface area (Å²) in [6.45, 7) is 0. The van der Waals surface area contributed by atoms with E-state index in [9.17, 15) is 19.8 Å². The molecule has 0 unspecified atom stereocenters. The van der Waals surface area contributed by atoms with Gasteiger partial charge in [0.25, 0.3) is 0 Å². The summed E-state index contributed by atoms with van der Waals surface area (Å²) in [4.78, 5) is 22.9. The Morgan fingerprint density at radius 2 is 0.909 bits per heavy atom. The molecule has 0 fully saturated rings. The summed E-state index contributed by atoms with van der Waals surface area (Å²) in [5, 5.41) is 16.6. The zero-order chi connectivity index (χ0) is 16.9. The van der Waals surface area contributed by atoms with Crippen LogP contribution in [0.2, 0.25) is 30.1 Å². The highest BCUT2D eigenvalue weighted by atomic mass is 35.5. The van der Waals surface area contributed by atoms with Gasteiger partial charge < -0.3 is 10.2 Å². The van der Waals surface area contributed by atoms with E-state index in [1.165, 1.54) is 0 Å². The number of halogens is 6. The van der Waals surface area contributed by atoms with Crippen LogP contribution in [0.3, 0.4) is 0 Å². The number of hydrogen-bond acceptors (Lipinski definition) is 2. The zero-order valence-corrected chi connectivity index (χ0v) is 14.5. The Morgan fingerprint density at radius 3 is 1.32 bits per heavy atom. The largest absolute Gasteiger partial charge is 0.478 e. The number of rotatable bonds is 2. The average Bonchev–Trinajstić information content (AvgIpc) is 2.44. The zero-order valence-electron chi connectivity index (χ0n) is 9.98. The molecule has 0 bridgehead atoms. The Labute approximate surface area is 153 Å². The number of aromatic carboxylic acids is 2. The fourth-order valence-corrected chi connectivity index (χ4v) is 3.58. The summed E-state index contributed by atoms with van der Waals surface area (Å²) in [7, 11) is 0. The van der Waals surface area contributed by atoms with Crippen molar-refractivity contribution in [1.29, 1.82) is 0 Å². The molecule has 0 heterocycles. The lowest BCUT2D eigenvalue weighted by Crippen LogP contribution is -2.11. The van der Waals surface area contributed by atoms with Crippen molar-refractivity contribution in [3.05, 3.63) is 41.3 Å². The first kappa shape index (κ1) is 17.7. The quantitative estimate of drug-likeness (QED) is 0.449. The van der Waals surface area contributed by atoms with E-state index in [-0.39, 0.29) is 35.9 Å². The molecule has 2 N–H and O–H groups in total. The van der Waals surface area contributed by atoms with Crippen LogP contribution in [-0.4, -0.2) is 22.2 Å². The van der Waals surface area contributed by atoms with Crippen LogP contribution in [0.5, 0.6) is 0 Å². The molecule has 0 aromatic heterocycles. The molecule has 10 heteroatoms. The van der Waals surface area contributed by atoms with Gasteiger partial charge in [-0.3, -0.25) is 0 Å². The molecule has 0 aliphatic rings. The van der Waals surface area contributed by atoms with Crippen LogP contribution in [0.25, 0.3) is 10.8 Å². The van der Waals surface area contributed by atoms with E-state index < -0.39 is 28.1 Å². The van der Waals surface area contributed by atoms with Crippen LogP contribution in [0.1, 0.15) is 20.7 Å². The fourth-order valence-electron chi connectivity index (χ4n) is 1.94. The van der Waals surface area contributed by atoms with Gasteiger partial charge in [-0.25, -0.2) is 9.59 Å². The molecule has 2 rings (SSSR count). The van der Waals surface area contributed by atoms with Crippen LogP contribution in [0.15, 0.2) is 0 Å². The standard InChI is InChI=1S/C12H2Cl6O4/c13-5-1-2(11(19)20)4(12(21)22)8(16)6(14)3(1)7(15)10(18)9(5)17/h(H,19,20)(H,21,22). The van der Waals surface area contributed by atoms with Crippen LogP contribution in [0, 0.1) is 0 Å². The number of carboxylic acid groups (broad SMARTS) is 2. The third-order valence-corrected chi connectivity index (χ3v) is 5.48. The predicted molar refractivity (Wildman–Crippen MR) is 87.9 cm³/mol. The molecule has 4 nitrogen and oxygen atoms in total. The lowest BCUT2D eigenvalue weighted by molar-refractivity contribution is 0.0653. The molecule has 22 heavy (non-hydrogen) atoms. The predicted octanol–water partition coefficient (Wildman–Crippen LogP) is 6.16. The molecule has 2 aromatic rings. The van der Waals surface area contributed by atoms with E-state index in [1.54, 1.807) is 0 Å². The highest BCUT2D eigenvalue weighted by molar-refractivity contribution is 6.58. The van der Waals surface area contributed by atoms with E-state index >= 15 is 0 Å². The van der Waals surface area contributed by atoms with Crippen molar-refractivity contribution >= 4 is 92.3 Å². The third-order valence-electron chi connectivity index (χ3n) is 2.83.